The summed E-state index contributed by atoms with van der Waals surface area (Å²) in [6, 6.07) is 0. The zero-order valence-corrected chi connectivity index (χ0v) is 12.2. The molecule has 1 fully saturated rings. The first-order valence-corrected chi connectivity index (χ1v) is 6.26. The van der Waals surface area contributed by atoms with Crippen molar-refractivity contribution >= 4 is 12.3 Å². The van der Waals surface area contributed by atoms with Crippen LogP contribution in [0.25, 0.3) is 0 Å². The summed E-state index contributed by atoms with van der Waals surface area (Å²) in [6.45, 7) is -4.46. The van der Waals surface area contributed by atoms with Gasteiger partial charge in [0.1, 0.15) is 13.2 Å². The monoisotopic (exact) mass is 390 g/mol. The van der Waals surface area contributed by atoms with Crippen molar-refractivity contribution in [3.05, 3.63) is 0 Å². The van der Waals surface area contributed by atoms with Gasteiger partial charge in [-0.2, -0.15) is 35.1 Å². The minimum absolute atomic E-state index is 0.363. The van der Waals surface area contributed by atoms with Crippen molar-refractivity contribution in [2.45, 2.75) is 36.7 Å². The lowest BCUT2D eigenvalue weighted by molar-refractivity contribution is -0.366. The second-order valence-electron chi connectivity index (χ2n) is 4.89. The van der Waals surface area contributed by atoms with Gasteiger partial charge in [0.15, 0.2) is 12.7 Å². The van der Waals surface area contributed by atoms with Gasteiger partial charge in [0, 0.05) is 6.92 Å². The zero-order valence-electron chi connectivity index (χ0n) is 12.2. The van der Waals surface area contributed by atoms with Crippen molar-refractivity contribution in [2.75, 3.05) is 19.8 Å². The first-order valence-electron chi connectivity index (χ1n) is 6.26. The Morgan fingerprint density at radius 3 is 2.08 bits per heavy atom. The largest absolute Gasteiger partial charge is 0.508 e. The number of cyclic esters (lactones) is 2. The Morgan fingerprint density at radius 2 is 1.64 bits per heavy atom. The van der Waals surface area contributed by atoms with E-state index in [2.05, 4.69) is 18.9 Å². The van der Waals surface area contributed by atoms with Crippen molar-refractivity contribution in [2.24, 2.45) is 0 Å². The molecule has 1 unspecified atom stereocenters. The van der Waals surface area contributed by atoms with Gasteiger partial charge < -0.3 is 18.9 Å². The number of carbonyl (C=O) groups is 2. The molecule has 0 bridgehead atoms. The van der Waals surface area contributed by atoms with E-state index in [0.29, 0.717) is 0 Å². The lowest BCUT2D eigenvalue weighted by Gasteiger charge is -2.35. The van der Waals surface area contributed by atoms with Crippen LogP contribution in [0.15, 0.2) is 0 Å². The number of hydrogen-bond acceptors (Lipinski definition) is 6. The van der Waals surface area contributed by atoms with Crippen molar-refractivity contribution in [3.8, 4) is 0 Å². The molecule has 1 heterocycles. The van der Waals surface area contributed by atoms with Crippen LogP contribution in [-0.4, -0.2) is 61.9 Å². The highest BCUT2D eigenvalue weighted by Crippen LogP contribution is 2.52. The van der Waals surface area contributed by atoms with Crippen LogP contribution in [0.1, 0.15) is 6.92 Å². The topological polar surface area (TPSA) is 71.1 Å². The second kappa shape index (κ2) is 6.71. The molecule has 0 aromatic carbocycles. The van der Waals surface area contributed by atoms with Crippen LogP contribution in [0.3, 0.4) is 0 Å². The molecule has 0 saturated carbocycles. The molecule has 0 N–H and O–H groups in total. The quantitative estimate of drug-likeness (QED) is 0.491. The average Bonchev–Trinajstić information content (AvgIpc) is 2.87. The molecular formula is C11H10F8O6. The van der Waals surface area contributed by atoms with Crippen LogP contribution >= 0.6 is 0 Å². The SMILES string of the molecule is CC(F)(F)C(F)(F)C(F)(F)C(F)(F)COC(=O)OCC1COC(=O)O1. The third kappa shape index (κ3) is 4.34. The summed E-state index contributed by atoms with van der Waals surface area (Å²) >= 11 is 0. The van der Waals surface area contributed by atoms with Crippen molar-refractivity contribution in [3.63, 3.8) is 0 Å². The first-order chi connectivity index (χ1) is 11.1. The average molecular weight is 390 g/mol. The highest BCUT2D eigenvalue weighted by atomic mass is 19.4. The smallest absolute Gasteiger partial charge is 0.430 e. The molecule has 0 aromatic heterocycles. The Balaban J connectivity index is 2.61. The molecular weight excluding hydrogens is 380 g/mol. The molecule has 1 aliphatic rings. The predicted octanol–water partition coefficient (Wildman–Crippen LogP) is 3.24. The number of hydrogen-bond donors (Lipinski definition) is 0. The maximum atomic E-state index is 13.2. The molecule has 25 heavy (non-hydrogen) atoms. The van der Waals surface area contributed by atoms with Crippen molar-refractivity contribution in [1.82, 2.24) is 0 Å². The summed E-state index contributed by atoms with van der Waals surface area (Å²) in [5.74, 6) is -24.3. The fourth-order valence-electron chi connectivity index (χ4n) is 1.40. The van der Waals surface area contributed by atoms with Gasteiger partial charge in [-0.25, -0.2) is 9.59 Å². The summed E-state index contributed by atoms with van der Waals surface area (Å²) in [7, 11) is 0. The van der Waals surface area contributed by atoms with Crippen LogP contribution in [0, 0.1) is 0 Å². The summed E-state index contributed by atoms with van der Waals surface area (Å²) in [6.07, 6.45) is -4.24. The fraction of sp³-hybridized carbons (Fsp3) is 0.818. The molecule has 146 valence electrons. The second-order valence-corrected chi connectivity index (χ2v) is 4.89. The minimum Gasteiger partial charge on any atom is -0.430 e. The Bertz CT molecular complexity index is 517. The fourth-order valence-corrected chi connectivity index (χ4v) is 1.40. The van der Waals surface area contributed by atoms with E-state index in [0.717, 1.165) is 0 Å². The molecule has 14 heteroatoms. The molecule has 1 rings (SSSR count). The number of alkyl halides is 8. The van der Waals surface area contributed by atoms with Gasteiger partial charge in [0.25, 0.3) is 0 Å². The first kappa shape index (κ1) is 21.0. The molecule has 0 aromatic rings. The summed E-state index contributed by atoms with van der Waals surface area (Å²) in [5.41, 5.74) is 0. The third-order valence-corrected chi connectivity index (χ3v) is 2.81. The van der Waals surface area contributed by atoms with Gasteiger partial charge in [0.2, 0.25) is 0 Å². The minimum atomic E-state index is -6.53. The van der Waals surface area contributed by atoms with Crippen LogP contribution in [0.2, 0.25) is 0 Å². The van der Waals surface area contributed by atoms with Gasteiger partial charge in [-0.3, -0.25) is 0 Å². The van der Waals surface area contributed by atoms with Gasteiger partial charge in [-0.1, -0.05) is 0 Å². The van der Waals surface area contributed by atoms with E-state index in [1.165, 1.54) is 0 Å². The van der Waals surface area contributed by atoms with E-state index >= 15 is 0 Å². The van der Waals surface area contributed by atoms with Crippen LogP contribution in [0.4, 0.5) is 44.7 Å². The maximum Gasteiger partial charge on any atom is 0.508 e. The molecule has 6 nitrogen and oxygen atoms in total. The summed E-state index contributed by atoms with van der Waals surface area (Å²) in [4.78, 5) is 21.5. The predicted molar refractivity (Wildman–Crippen MR) is 59.0 cm³/mol. The lowest BCUT2D eigenvalue weighted by Crippen LogP contribution is -2.62. The molecule has 1 aliphatic heterocycles. The van der Waals surface area contributed by atoms with Crippen LogP contribution < -0.4 is 0 Å². The molecule has 0 aliphatic carbocycles. The zero-order chi connectivity index (χ0) is 19.7. The van der Waals surface area contributed by atoms with E-state index in [-0.39, 0.29) is 6.61 Å². The summed E-state index contributed by atoms with van der Waals surface area (Å²) < 4.78 is 120. The number of halogens is 8. The van der Waals surface area contributed by atoms with E-state index < -0.39 is 62.2 Å². The maximum absolute atomic E-state index is 13.2. The molecule has 0 spiro atoms. The Morgan fingerprint density at radius 1 is 1.08 bits per heavy atom. The van der Waals surface area contributed by atoms with E-state index in [1.54, 1.807) is 0 Å². The van der Waals surface area contributed by atoms with Crippen molar-refractivity contribution < 1.29 is 63.7 Å². The normalized spacial score (nSPS) is 19.2. The van der Waals surface area contributed by atoms with Crippen molar-refractivity contribution in [1.29, 1.82) is 0 Å². The highest BCUT2D eigenvalue weighted by molar-refractivity contribution is 5.62. The van der Waals surface area contributed by atoms with Gasteiger partial charge in [0.05, 0.1) is 0 Å². The van der Waals surface area contributed by atoms with Crippen LogP contribution in [0.5, 0.6) is 0 Å². The van der Waals surface area contributed by atoms with E-state index in [4.69, 9.17) is 0 Å². The van der Waals surface area contributed by atoms with Gasteiger partial charge >= 0.3 is 36.0 Å². The van der Waals surface area contributed by atoms with Gasteiger partial charge in [-0.15, -0.1) is 0 Å². The third-order valence-electron chi connectivity index (χ3n) is 2.81. The lowest BCUT2D eigenvalue weighted by atomic mass is 10.0. The number of rotatable bonds is 7. The van der Waals surface area contributed by atoms with E-state index in [9.17, 15) is 44.7 Å². The molecule has 1 saturated heterocycles. The molecule has 1 atom stereocenters. The summed E-state index contributed by atoms with van der Waals surface area (Å²) in [5, 5.41) is 0. The van der Waals surface area contributed by atoms with Gasteiger partial charge in [-0.05, 0) is 0 Å². The number of ether oxygens (including phenoxy) is 4. The Hall–Kier alpha value is -2.02. The van der Waals surface area contributed by atoms with E-state index in [1.807, 2.05) is 0 Å². The Kier molecular flexibility index (Phi) is 5.64. The molecule has 0 radical (unpaired) electrons. The molecule has 0 amide bonds. The number of carbonyl (C=O) groups excluding carboxylic acids is 2. The Labute approximate surface area is 133 Å². The highest BCUT2D eigenvalue weighted by Gasteiger charge is 2.79. The standard InChI is InChI=1S/C11H10F8O6/c1-8(12,13)10(16,17)11(18,19)9(14,15)4-24-6(20)22-2-5-3-23-7(21)25-5/h5H,2-4H2,1H3. The van der Waals surface area contributed by atoms with Crippen LogP contribution in [-0.2, 0) is 18.9 Å².